The summed E-state index contributed by atoms with van der Waals surface area (Å²) in [6, 6.07) is 6.68. The number of nitrogens with one attached hydrogen (secondary N) is 1. The van der Waals surface area contributed by atoms with Gasteiger partial charge in [-0.25, -0.2) is 9.97 Å². The lowest BCUT2D eigenvalue weighted by atomic mass is 10.1. The van der Waals surface area contributed by atoms with Crippen molar-refractivity contribution in [2.75, 3.05) is 20.8 Å². The summed E-state index contributed by atoms with van der Waals surface area (Å²) in [4.78, 5) is 20.7. The molecule has 9 nitrogen and oxygen atoms in total. The number of aromatic nitrogens is 4. The van der Waals surface area contributed by atoms with Crippen molar-refractivity contribution in [2.24, 2.45) is 0 Å². The predicted octanol–water partition coefficient (Wildman–Crippen LogP) is 2.20. The van der Waals surface area contributed by atoms with E-state index in [0.717, 1.165) is 0 Å². The molecule has 1 amide bonds. The molecule has 0 saturated heterocycles. The Morgan fingerprint density at radius 2 is 2.00 bits per heavy atom. The van der Waals surface area contributed by atoms with Crippen molar-refractivity contribution in [2.45, 2.75) is 19.4 Å². The van der Waals surface area contributed by atoms with Crippen LogP contribution in [0.1, 0.15) is 24.2 Å². The molecule has 0 atom stereocenters. The zero-order valence-corrected chi connectivity index (χ0v) is 16.7. The van der Waals surface area contributed by atoms with E-state index in [9.17, 15) is 9.90 Å². The number of carbonyl (C=O) groups is 1. The van der Waals surface area contributed by atoms with E-state index in [1.807, 2.05) is 13.8 Å². The summed E-state index contributed by atoms with van der Waals surface area (Å²) >= 11 is 0. The highest BCUT2D eigenvalue weighted by Crippen LogP contribution is 2.31. The van der Waals surface area contributed by atoms with Gasteiger partial charge in [-0.2, -0.15) is 9.78 Å². The minimum Gasteiger partial charge on any atom is -0.493 e. The van der Waals surface area contributed by atoms with Crippen LogP contribution >= 0.6 is 0 Å². The fourth-order valence-electron chi connectivity index (χ4n) is 2.82. The van der Waals surface area contributed by atoms with Crippen LogP contribution in [0.25, 0.3) is 16.9 Å². The standard InChI is InChI=1S/C20H23N5O4/c1-20(2,12-28-3)24-18(26)14-5-6-16(22-10-14)25-19(27)15(11-23-25)13-7-8-21-17(9-13)29-4/h5-11,27H,12H2,1-4H3,(H,24,26). The fourth-order valence-corrected chi connectivity index (χ4v) is 2.82. The molecule has 2 N–H and O–H groups in total. The van der Waals surface area contributed by atoms with Gasteiger partial charge in [0.1, 0.15) is 0 Å². The molecule has 3 aromatic heterocycles. The Morgan fingerprint density at radius 3 is 2.66 bits per heavy atom. The first-order valence-electron chi connectivity index (χ1n) is 8.90. The van der Waals surface area contributed by atoms with E-state index in [4.69, 9.17) is 9.47 Å². The third kappa shape index (κ3) is 4.52. The van der Waals surface area contributed by atoms with Crippen LogP contribution in [0.5, 0.6) is 11.8 Å². The Balaban J connectivity index is 1.82. The van der Waals surface area contributed by atoms with E-state index in [2.05, 4.69) is 20.4 Å². The number of methoxy groups -OCH3 is 2. The van der Waals surface area contributed by atoms with E-state index in [1.165, 1.54) is 24.2 Å². The highest BCUT2D eigenvalue weighted by Gasteiger charge is 2.21. The van der Waals surface area contributed by atoms with Crippen molar-refractivity contribution in [3.63, 3.8) is 0 Å². The molecule has 0 saturated carbocycles. The van der Waals surface area contributed by atoms with Crippen molar-refractivity contribution in [3.8, 4) is 28.7 Å². The second-order valence-corrected chi connectivity index (χ2v) is 7.06. The van der Waals surface area contributed by atoms with Gasteiger partial charge in [0.25, 0.3) is 5.91 Å². The normalized spacial score (nSPS) is 11.3. The molecule has 0 unspecified atom stereocenters. The molecular weight excluding hydrogens is 374 g/mol. The summed E-state index contributed by atoms with van der Waals surface area (Å²) in [5.74, 6) is 0.464. The van der Waals surface area contributed by atoms with E-state index in [1.54, 1.807) is 37.6 Å². The van der Waals surface area contributed by atoms with Crippen molar-refractivity contribution in [3.05, 3.63) is 48.4 Å². The number of pyridine rings is 2. The lowest BCUT2D eigenvalue weighted by molar-refractivity contribution is 0.0819. The second-order valence-electron chi connectivity index (χ2n) is 7.06. The Kier molecular flexibility index (Phi) is 5.79. The summed E-state index contributed by atoms with van der Waals surface area (Å²) in [5.41, 5.74) is 1.10. The van der Waals surface area contributed by atoms with Crippen LogP contribution in [-0.2, 0) is 4.74 Å². The topological polar surface area (TPSA) is 111 Å². The number of hydrogen-bond donors (Lipinski definition) is 2. The van der Waals surface area contributed by atoms with Crippen LogP contribution in [0.4, 0.5) is 0 Å². The zero-order valence-electron chi connectivity index (χ0n) is 16.7. The molecule has 0 spiro atoms. The Morgan fingerprint density at radius 1 is 1.21 bits per heavy atom. The lowest BCUT2D eigenvalue weighted by Crippen LogP contribution is -2.46. The molecule has 152 valence electrons. The van der Waals surface area contributed by atoms with Gasteiger partial charge < -0.3 is 19.9 Å². The third-order valence-corrected chi connectivity index (χ3v) is 4.18. The summed E-state index contributed by atoms with van der Waals surface area (Å²) in [5, 5.41) is 17.7. The molecule has 29 heavy (non-hydrogen) atoms. The first kappa shape index (κ1) is 20.3. The molecular formula is C20H23N5O4. The Labute approximate surface area is 168 Å². The van der Waals surface area contributed by atoms with Gasteiger partial charge >= 0.3 is 0 Å². The van der Waals surface area contributed by atoms with Gasteiger partial charge in [0, 0.05) is 25.6 Å². The van der Waals surface area contributed by atoms with Crippen molar-refractivity contribution < 1.29 is 19.4 Å². The average molecular weight is 397 g/mol. The Bertz CT molecular complexity index is 998. The molecule has 3 aromatic rings. The predicted molar refractivity (Wildman–Crippen MR) is 106 cm³/mol. The molecule has 0 aliphatic heterocycles. The molecule has 0 aromatic carbocycles. The first-order valence-corrected chi connectivity index (χ1v) is 8.90. The molecule has 0 aliphatic carbocycles. The maximum atomic E-state index is 12.4. The van der Waals surface area contributed by atoms with Crippen LogP contribution < -0.4 is 10.1 Å². The van der Waals surface area contributed by atoms with E-state index in [0.29, 0.717) is 35.0 Å². The van der Waals surface area contributed by atoms with Gasteiger partial charge in [0.15, 0.2) is 5.82 Å². The number of hydrogen-bond acceptors (Lipinski definition) is 7. The molecule has 3 rings (SSSR count). The lowest BCUT2D eigenvalue weighted by Gasteiger charge is -2.25. The van der Waals surface area contributed by atoms with Gasteiger partial charge in [-0.3, -0.25) is 4.79 Å². The number of nitrogens with zero attached hydrogens (tertiary/aromatic N) is 4. The van der Waals surface area contributed by atoms with Crippen molar-refractivity contribution in [1.82, 2.24) is 25.1 Å². The smallest absolute Gasteiger partial charge is 0.253 e. The van der Waals surface area contributed by atoms with Crippen molar-refractivity contribution >= 4 is 5.91 Å². The van der Waals surface area contributed by atoms with Crippen molar-refractivity contribution in [1.29, 1.82) is 0 Å². The van der Waals surface area contributed by atoms with Crippen LogP contribution in [0, 0.1) is 0 Å². The average Bonchev–Trinajstić information content (AvgIpc) is 3.09. The number of amides is 1. The third-order valence-electron chi connectivity index (χ3n) is 4.18. The zero-order chi connectivity index (χ0) is 21.0. The quantitative estimate of drug-likeness (QED) is 0.629. The largest absolute Gasteiger partial charge is 0.493 e. The molecule has 0 aliphatic rings. The highest BCUT2D eigenvalue weighted by molar-refractivity contribution is 5.94. The van der Waals surface area contributed by atoms with E-state index in [-0.39, 0.29) is 11.8 Å². The fraction of sp³-hybridized carbons (Fsp3) is 0.300. The summed E-state index contributed by atoms with van der Waals surface area (Å²) < 4.78 is 11.5. The summed E-state index contributed by atoms with van der Waals surface area (Å²) in [7, 11) is 3.10. The van der Waals surface area contributed by atoms with E-state index < -0.39 is 5.54 Å². The van der Waals surface area contributed by atoms with Crippen LogP contribution in [0.3, 0.4) is 0 Å². The number of aromatic hydroxyl groups is 1. The van der Waals surface area contributed by atoms with Crippen LogP contribution in [0.2, 0.25) is 0 Å². The molecule has 0 radical (unpaired) electrons. The number of rotatable bonds is 7. The number of ether oxygens (including phenoxy) is 2. The molecule has 3 heterocycles. The monoisotopic (exact) mass is 397 g/mol. The van der Waals surface area contributed by atoms with Gasteiger partial charge in [0.2, 0.25) is 11.8 Å². The maximum Gasteiger partial charge on any atom is 0.253 e. The Hall–Kier alpha value is -3.46. The SMILES string of the molecule is COCC(C)(C)NC(=O)c1ccc(-n2ncc(-c3ccnc(OC)c3)c2O)nc1. The van der Waals surface area contributed by atoms with Crippen LogP contribution in [-0.4, -0.2) is 57.1 Å². The minimum atomic E-state index is -0.509. The molecule has 0 bridgehead atoms. The summed E-state index contributed by atoms with van der Waals surface area (Å²) in [6.45, 7) is 4.12. The maximum absolute atomic E-state index is 12.4. The molecule has 0 fully saturated rings. The van der Waals surface area contributed by atoms with Gasteiger partial charge in [0.05, 0.1) is 36.6 Å². The van der Waals surface area contributed by atoms with Gasteiger partial charge in [-0.15, -0.1) is 0 Å². The van der Waals surface area contributed by atoms with Gasteiger partial charge in [-0.05, 0) is 37.6 Å². The molecule has 9 heteroatoms. The second kappa shape index (κ2) is 8.27. The number of carbonyl (C=O) groups excluding carboxylic acids is 1. The van der Waals surface area contributed by atoms with Gasteiger partial charge in [-0.1, -0.05) is 0 Å². The summed E-state index contributed by atoms with van der Waals surface area (Å²) in [6.07, 6.45) is 4.55. The van der Waals surface area contributed by atoms with E-state index >= 15 is 0 Å². The highest BCUT2D eigenvalue weighted by atomic mass is 16.5. The minimum absolute atomic E-state index is 0.0795. The first-order chi connectivity index (χ1) is 13.8. The van der Waals surface area contributed by atoms with Crippen LogP contribution in [0.15, 0.2) is 42.9 Å².